The van der Waals surface area contributed by atoms with Crippen LogP contribution in [0.4, 0.5) is 5.95 Å². The van der Waals surface area contributed by atoms with E-state index in [0.29, 0.717) is 26.2 Å². The summed E-state index contributed by atoms with van der Waals surface area (Å²) in [7, 11) is 0. The van der Waals surface area contributed by atoms with E-state index < -0.39 is 11.8 Å². The van der Waals surface area contributed by atoms with Gasteiger partial charge in [0.1, 0.15) is 0 Å². The van der Waals surface area contributed by atoms with Crippen molar-refractivity contribution in [3.8, 4) is 0 Å². The lowest BCUT2D eigenvalue weighted by molar-refractivity contribution is -0.143. The second-order valence-corrected chi connectivity index (χ2v) is 4.47. The number of hydrogen-bond acceptors (Lipinski definition) is 5. The molecule has 2 heterocycles. The summed E-state index contributed by atoms with van der Waals surface area (Å²) < 4.78 is 0. The maximum Gasteiger partial charge on any atom is 0.316 e. The SMILES string of the molecule is Cc1cc(C)nc(NC(=O)C(=O)N2CCNCC2)n1. The number of amides is 2. The number of nitrogens with zero attached hydrogens (tertiary/aromatic N) is 3. The van der Waals surface area contributed by atoms with E-state index in [1.165, 1.54) is 4.90 Å². The third kappa shape index (κ3) is 3.47. The van der Waals surface area contributed by atoms with Crippen LogP contribution in [-0.4, -0.2) is 52.9 Å². The summed E-state index contributed by atoms with van der Waals surface area (Å²) in [6.45, 7) is 6.11. The molecule has 0 aliphatic carbocycles. The van der Waals surface area contributed by atoms with E-state index in [-0.39, 0.29) is 5.95 Å². The Bertz CT molecular complexity index is 477. The summed E-state index contributed by atoms with van der Waals surface area (Å²) in [4.78, 5) is 33.4. The molecule has 19 heavy (non-hydrogen) atoms. The second kappa shape index (κ2) is 5.75. The predicted molar refractivity (Wildman–Crippen MR) is 69.6 cm³/mol. The average molecular weight is 263 g/mol. The minimum absolute atomic E-state index is 0.172. The number of carbonyl (C=O) groups is 2. The summed E-state index contributed by atoms with van der Waals surface area (Å²) in [6.07, 6.45) is 0. The summed E-state index contributed by atoms with van der Waals surface area (Å²) in [5.41, 5.74) is 1.50. The fraction of sp³-hybridized carbons (Fsp3) is 0.500. The highest BCUT2D eigenvalue weighted by atomic mass is 16.2. The van der Waals surface area contributed by atoms with Crippen molar-refractivity contribution in [1.29, 1.82) is 0 Å². The largest absolute Gasteiger partial charge is 0.332 e. The first-order valence-electron chi connectivity index (χ1n) is 6.19. The van der Waals surface area contributed by atoms with Crippen LogP contribution < -0.4 is 10.6 Å². The van der Waals surface area contributed by atoms with Gasteiger partial charge in [0.15, 0.2) is 0 Å². The van der Waals surface area contributed by atoms with Crippen LogP contribution in [0.1, 0.15) is 11.4 Å². The van der Waals surface area contributed by atoms with Gasteiger partial charge in [0.25, 0.3) is 0 Å². The molecule has 1 aliphatic heterocycles. The van der Waals surface area contributed by atoms with E-state index in [9.17, 15) is 9.59 Å². The Balaban J connectivity index is 2.01. The Morgan fingerprint density at radius 1 is 1.21 bits per heavy atom. The topological polar surface area (TPSA) is 87.2 Å². The quantitative estimate of drug-likeness (QED) is 0.665. The van der Waals surface area contributed by atoms with Crippen LogP contribution in [0.15, 0.2) is 6.07 Å². The molecule has 2 rings (SSSR count). The van der Waals surface area contributed by atoms with E-state index >= 15 is 0 Å². The zero-order chi connectivity index (χ0) is 13.8. The summed E-state index contributed by atoms with van der Waals surface area (Å²) >= 11 is 0. The van der Waals surface area contributed by atoms with Crippen LogP contribution in [-0.2, 0) is 9.59 Å². The van der Waals surface area contributed by atoms with Gasteiger partial charge in [-0.25, -0.2) is 9.97 Å². The maximum atomic E-state index is 11.9. The standard InChI is InChI=1S/C12H17N5O2/c1-8-7-9(2)15-12(14-8)16-10(18)11(19)17-5-3-13-4-6-17/h7,13H,3-6H2,1-2H3,(H,14,15,16,18). The highest BCUT2D eigenvalue weighted by molar-refractivity contribution is 6.39. The molecule has 2 N–H and O–H groups in total. The van der Waals surface area contributed by atoms with Crippen LogP contribution in [0, 0.1) is 13.8 Å². The summed E-state index contributed by atoms with van der Waals surface area (Å²) in [5.74, 6) is -1.05. The zero-order valence-electron chi connectivity index (χ0n) is 11.1. The molecule has 0 bridgehead atoms. The van der Waals surface area contributed by atoms with Gasteiger partial charge >= 0.3 is 11.8 Å². The number of anilines is 1. The Labute approximate surface area is 111 Å². The lowest BCUT2D eigenvalue weighted by Crippen LogP contribution is -2.50. The number of aromatic nitrogens is 2. The molecule has 1 aromatic heterocycles. The van der Waals surface area contributed by atoms with Crippen LogP contribution in [0.3, 0.4) is 0 Å². The third-order valence-corrected chi connectivity index (χ3v) is 2.81. The van der Waals surface area contributed by atoms with Gasteiger partial charge in [0, 0.05) is 37.6 Å². The summed E-state index contributed by atoms with van der Waals surface area (Å²) in [6, 6.07) is 1.80. The molecule has 1 aliphatic rings. The van der Waals surface area contributed by atoms with E-state index in [1.807, 2.05) is 13.8 Å². The fourth-order valence-corrected chi connectivity index (χ4v) is 1.95. The second-order valence-electron chi connectivity index (χ2n) is 4.47. The van der Waals surface area contributed by atoms with Crippen molar-refractivity contribution in [2.75, 3.05) is 31.5 Å². The van der Waals surface area contributed by atoms with Gasteiger partial charge in [-0.3, -0.25) is 14.9 Å². The van der Waals surface area contributed by atoms with Gasteiger partial charge < -0.3 is 10.2 Å². The Hall–Kier alpha value is -2.02. The van der Waals surface area contributed by atoms with Crippen molar-refractivity contribution in [1.82, 2.24) is 20.2 Å². The van der Waals surface area contributed by atoms with Crippen LogP contribution in [0.2, 0.25) is 0 Å². The highest BCUT2D eigenvalue weighted by Gasteiger charge is 2.23. The number of hydrogen-bond donors (Lipinski definition) is 2. The van der Waals surface area contributed by atoms with Crippen LogP contribution in [0.5, 0.6) is 0 Å². The Morgan fingerprint density at radius 2 is 1.79 bits per heavy atom. The third-order valence-electron chi connectivity index (χ3n) is 2.81. The molecule has 1 saturated heterocycles. The van der Waals surface area contributed by atoms with Crippen molar-refractivity contribution in [2.45, 2.75) is 13.8 Å². The smallest absolute Gasteiger partial charge is 0.316 e. The first-order valence-corrected chi connectivity index (χ1v) is 6.19. The van der Waals surface area contributed by atoms with Crippen molar-refractivity contribution >= 4 is 17.8 Å². The first-order chi connectivity index (χ1) is 9.06. The van der Waals surface area contributed by atoms with E-state index in [0.717, 1.165) is 11.4 Å². The molecule has 0 spiro atoms. The molecule has 0 unspecified atom stereocenters. The van der Waals surface area contributed by atoms with Gasteiger partial charge in [0.05, 0.1) is 0 Å². The Kier molecular flexibility index (Phi) is 4.06. The van der Waals surface area contributed by atoms with Crippen LogP contribution >= 0.6 is 0 Å². The molecule has 0 radical (unpaired) electrons. The first kappa shape index (κ1) is 13.4. The molecule has 2 amide bonds. The lowest BCUT2D eigenvalue weighted by Gasteiger charge is -2.26. The van der Waals surface area contributed by atoms with E-state index in [4.69, 9.17) is 0 Å². The van der Waals surface area contributed by atoms with E-state index in [2.05, 4.69) is 20.6 Å². The van der Waals surface area contributed by atoms with Gasteiger partial charge in [-0.1, -0.05) is 0 Å². The highest BCUT2D eigenvalue weighted by Crippen LogP contribution is 2.04. The van der Waals surface area contributed by atoms with E-state index in [1.54, 1.807) is 6.07 Å². The molecule has 1 aromatic rings. The van der Waals surface area contributed by atoms with Crippen molar-refractivity contribution in [3.05, 3.63) is 17.5 Å². The molecule has 102 valence electrons. The predicted octanol–water partition coefficient (Wildman–Crippen LogP) is -0.536. The van der Waals surface area contributed by atoms with Gasteiger partial charge in [-0.05, 0) is 19.9 Å². The number of piperazine rings is 1. The molecule has 1 fully saturated rings. The molecule has 7 heteroatoms. The maximum absolute atomic E-state index is 11.9. The minimum Gasteiger partial charge on any atom is -0.332 e. The number of carbonyl (C=O) groups excluding carboxylic acids is 2. The monoisotopic (exact) mass is 263 g/mol. The molecule has 0 saturated carbocycles. The Morgan fingerprint density at radius 3 is 2.37 bits per heavy atom. The van der Waals surface area contributed by atoms with Crippen molar-refractivity contribution in [3.63, 3.8) is 0 Å². The number of nitrogens with one attached hydrogen (secondary N) is 2. The molecular formula is C12H17N5O2. The van der Waals surface area contributed by atoms with Gasteiger partial charge in [-0.15, -0.1) is 0 Å². The van der Waals surface area contributed by atoms with Crippen LogP contribution in [0.25, 0.3) is 0 Å². The zero-order valence-corrected chi connectivity index (χ0v) is 11.1. The molecule has 0 atom stereocenters. The van der Waals surface area contributed by atoms with Crippen molar-refractivity contribution < 1.29 is 9.59 Å². The number of aryl methyl sites for hydroxylation is 2. The van der Waals surface area contributed by atoms with Gasteiger partial charge in [0.2, 0.25) is 5.95 Å². The van der Waals surface area contributed by atoms with Gasteiger partial charge in [-0.2, -0.15) is 0 Å². The minimum atomic E-state index is -0.688. The molecule has 0 aromatic carbocycles. The summed E-state index contributed by atoms with van der Waals surface area (Å²) in [5, 5.41) is 5.57. The lowest BCUT2D eigenvalue weighted by atomic mass is 10.3. The van der Waals surface area contributed by atoms with Crippen molar-refractivity contribution in [2.24, 2.45) is 0 Å². The fourth-order valence-electron chi connectivity index (χ4n) is 1.95. The average Bonchev–Trinajstić information content (AvgIpc) is 2.37. The molecular weight excluding hydrogens is 246 g/mol. The molecule has 7 nitrogen and oxygen atoms in total. The number of rotatable bonds is 1. The normalized spacial score (nSPS) is 15.2.